The van der Waals surface area contributed by atoms with E-state index >= 15 is 0 Å². The van der Waals surface area contributed by atoms with Crippen molar-refractivity contribution < 1.29 is 4.79 Å². The smallest absolute Gasteiger partial charge is 0.264 e. The van der Waals surface area contributed by atoms with Crippen molar-refractivity contribution in [3.05, 3.63) is 35.2 Å². The van der Waals surface area contributed by atoms with Crippen molar-refractivity contribution in [1.82, 2.24) is 9.80 Å². The van der Waals surface area contributed by atoms with Crippen LogP contribution in [0.2, 0.25) is 0 Å². The van der Waals surface area contributed by atoms with Crippen molar-refractivity contribution >= 4 is 38.9 Å². The van der Waals surface area contributed by atoms with Crippen LogP contribution in [0.4, 0.5) is 0 Å². The normalized spacial score (nSPS) is 16.8. The Morgan fingerprint density at radius 2 is 1.95 bits per heavy atom. The van der Waals surface area contributed by atoms with Gasteiger partial charge in [-0.1, -0.05) is 18.2 Å². The lowest BCUT2D eigenvalue weighted by molar-refractivity contribution is 0.0649. The Bertz CT molecular complexity index is 572. The lowest BCUT2D eigenvalue weighted by Gasteiger charge is -2.34. The van der Waals surface area contributed by atoms with E-state index in [-0.39, 0.29) is 5.91 Å². The third-order valence-corrected chi connectivity index (χ3v) is 4.97. The van der Waals surface area contributed by atoms with Crippen LogP contribution >= 0.6 is 22.9 Å². The summed E-state index contributed by atoms with van der Waals surface area (Å²) >= 11 is 7.34. The monoisotopic (exact) mass is 308 g/mol. The number of carbonyl (C=O) groups excluding carboxylic acids is 1. The van der Waals surface area contributed by atoms with Crippen molar-refractivity contribution in [2.75, 3.05) is 38.6 Å². The highest BCUT2D eigenvalue weighted by Gasteiger charge is 2.22. The number of hydrogen-bond acceptors (Lipinski definition) is 3. The lowest BCUT2D eigenvalue weighted by atomic mass is 10.2. The molecule has 1 aliphatic rings. The Kier molecular flexibility index (Phi) is 4.24. The third-order valence-electron chi connectivity index (χ3n) is 3.70. The van der Waals surface area contributed by atoms with Gasteiger partial charge in [0.1, 0.15) is 0 Å². The predicted octanol–water partition coefficient (Wildman–Crippen LogP) is 2.90. The molecule has 2 aromatic rings. The summed E-state index contributed by atoms with van der Waals surface area (Å²) in [5.41, 5.74) is 0. The van der Waals surface area contributed by atoms with Crippen LogP contribution in [0.1, 0.15) is 9.67 Å². The highest BCUT2D eigenvalue weighted by atomic mass is 35.5. The van der Waals surface area contributed by atoms with Crippen LogP contribution in [0.3, 0.4) is 0 Å². The van der Waals surface area contributed by atoms with Gasteiger partial charge in [0.2, 0.25) is 0 Å². The summed E-state index contributed by atoms with van der Waals surface area (Å²) in [4.78, 5) is 17.6. The zero-order valence-electron chi connectivity index (χ0n) is 11.2. The minimum atomic E-state index is 0.164. The number of thiophene rings is 1. The standard InChI is InChI=1S/C15H17ClN2OS/c16-5-6-17-7-9-18(10-8-17)15(19)14-11-12-3-1-2-4-13(12)20-14/h1-4,11H,5-10H2. The maximum atomic E-state index is 12.5. The molecule has 0 saturated carbocycles. The molecule has 1 saturated heterocycles. The van der Waals surface area contributed by atoms with Crippen LogP contribution in [0.25, 0.3) is 10.1 Å². The van der Waals surface area contributed by atoms with Gasteiger partial charge in [0, 0.05) is 43.3 Å². The second-order valence-electron chi connectivity index (χ2n) is 4.97. The quantitative estimate of drug-likeness (QED) is 0.814. The fraction of sp³-hybridized carbons (Fsp3) is 0.400. The van der Waals surface area contributed by atoms with Crippen LogP contribution in [0.15, 0.2) is 30.3 Å². The molecule has 0 radical (unpaired) electrons. The van der Waals surface area contributed by atoms with E-state index in [9.17, 15) is 4.79 Å². The number of carbonyl (C=O) groups is 1. The van der Waals surface area contributed by atoms with E-state index in [1.807, 2.05) is 23.1 Å². The van der Waals surface area contributed by atoms with Crippen molar-refractivity contribution in [2.45, 2.75) is 0 Å². The number of nitrogens with zero attached hydrogens (tertiary/aromatic N) is 2. The minimum absolute atomic E-state index is 0.164. The summed E-state index contributed by atoms with van der Waals surface area (Å²) in [6, 6.07) is 10.1. The molecular formula is C15H17ClN2OS. The Morgan fingerprint density at radius 1 is 1.20 bits per heavy atom. The van der Waals surface area contributed by atoms with Gasteiger partial charge < -0.3 is 4.90 Å². The van der Waals surface area contributed by atoms with Gasteiger partial charge in [0.15, 0.2) is 0 Å². The summed E-state index contributed by atoms with van der Waals surface area (Å²) < 4.78 is 1.18. The largest absolute Gasteiger partial charge is 0.335 e. The first-order valence-corrected chi connectivity index (χ1v) is 8.19. The molecule has 20 heavy (non-hydrogen) atoms. The zero-order valence-corrected chi connectivity index (χ0v) is 12.8. The molecule has 3 nitrogen and oxygen atoms in total. The van der Waals surface area contributed by atoms with Gasteiger partial charge in [0.05, 0.1) is 4.88 Å². The Hall–Kier alpha value is -1.10. The van der Waals surface area contributed by atoms with Crippen molar-refractivity contribution in [3.63, 3.8) is 0 Å². The highest BCUT2D eigenvalue weighted by molar-refractivity contribution is 7.20. The van der Waals surface area contributed by atoms with Gasteiger partial charge in [-0.25, -0.2) is 0 Å². The van der Waals surface area contributed by atoms with E-state index in [1.54, 1.807) is 11.3 Å². The minimum Gasteiger partial charge on any atom is -0.335 e. The number of amides is 1. The number of alkyl halides is 1. The van der Waals surface area contributed by atoms with E-state index < -0.39 is 0 Å². The van der Waals surface area contributed by atoms with Crippen molar-refractivity contribution in [1.29, 1.82) is 0 Å². The Morgan fingerprint density at radius 3 is 2.65 bits per heavy atom. The number of piperazine rings is 1. The summed E-state index contributed by atoms with van der Waals surface area (Å²) in [5, 5.41) is 1.15. The lowest BCUT2D eigenvalue weighted by Crippen LogP contribution is -2.48. The number of halogens is 1. The van der Waals surface area contributed by atoms with E-state index in [1.165, 1.54) is 4.70 Å². The van der Waals surface area contributed by atoms with Crippen molar-refractivity contribution in [2.24, 2.45) is 0 Å². The topological polar surface area (TPSA) is 23.6 Å². The number of rotatable bonds is 3. The molecule has 1 amide bonds. The first-order chi connectivity index (χ1) is 9.78. The second-order valence-corrected chi connectivity index (χ2v) is 6.43. The summed E-state index contributed by atoms with van der Waals surface area (Å²) in [6.45, 7) is 4.34. The molecule has 1 aromatic heterocycles. The Labute approximate surface area is 127 Å². The van der Waals surface area contributed by atoms with Crippen LogP contribution in [0.5, 0.6) is 0 Å². The van der Waals surface area contributed by atoms with Gasteiger partial charge in [-0.05, 0) is 17.5 Å². The molecule has 0 atom stereocenters. The Balaban J connectivity index is 1.70. The van der Waals surface area contributed by atoms with Crippen LogP contribution in [-0.2, 0) is 0 Å². The third kappa shape index (κ3) is 2.82. The summed E-state index contributed by atoms with van der Waals surface area (Å²) in [7, 11) is 0. The first-order valence-electron chi connectivity index (χ1n) is 6.84. The molecule has 0 bridgehead atoms. The molecule has 106 valence electrons. The summed E-state index contributed by atoms with van der Waals surface area (Å²) in [6.07, 6.45) is 0. The molecular weight excluding hydrogens is 292 g/mol. The van der Waals surface area contributed by atoms with Gasteiger partial charge in [0.25, 0.3) is 5.91 Å². The van der Waals surface area contributed by atoms with Crippen LogP contribution in [0, 0.1) is 0 Å². The van der Waals surface area contributed by atoms with Gasteiger partial charge in [-0.2, -0.15) is 0 Å². The van der Waals surface area contributed by atoms with Crippen LogP contribution in [-0.4, -0.2) is 54.3 Å². The number of fused-ring (bicyclic) bond motifs is 1. The second kappa shape index (κ2) is 6.12. The molecule has 5 heteroatoms. The van der Waals surface area contributed by atoms with Gasteiger partial charge >= 0.3 is 0 Å². The average Bonchev–Trinajstić information content (AvgIpc) is 2.91. The molecule has 1 aliphatic heterocycles. The van der Waals surface area contributed by atoms with E-state index in [0.29, 0.717) is 5.88 Å². The molecule has 1 fully saturated rings. The number of benzene rings is 1. The molecule has 0 spiro atoms. The molecule has 0 N–H and O–H groups in total. The maximum absolute atomic E-state index is 12.5. The molecule has 2 heterocycles. The average molecular weight is 309 g/mol. The fourth-order valence-corrected chi connectivity index (χ4v) is 3.81. The highest BCUT2D eigenvalue weighted by Crippen LogP contribution is 2.26. The fourth-order valence-electron chi connectivity index (χ4n) is 2.54. The maximum Gasteiger partial charge on any atom is 0.264 e. The molecule has 0 aliphatic carbocycles. The molecule has 1 aromatic carbocycles. The van der Waals surface area contributed by atoms with Gasteiger partial charge in [-0.3, -0.25) is 9.69 Å². The zero-order chi connectivity index (χ0) is 13.9. The first kappa shape index (κ1) is 13.9. The van der Waals surface area contributed by atoms with Crippen molar-refractivity contribution in [3.8, 4) is 0 Å². The van der Waals surface area contributed by atoms with Gasteiger partial charge in [-0.15, -0.1) is 22.9 Å². The number of hydrogen-bond donors (Lipinski definition) is 0. The SMILES string of the molecule is O=C(c1cc2ccccc2s1)N1CCN(CCCl)CC1. The summed E-state index contributed by atoms with van der Waals surface area (Å²) in [5.74, 6) is 0.821. The molecule has 0 unspecified atom stereocenters. The van der Waals surface area contributed by atoms with E-state index in [0.717, 1.165) is 43.0 Å². The van der Waals surface area contributed by atoms with Crippen LogP contribution < -0.4 is 0 Å². The molecule has 3 rings (SSSR count). The van der Waals surface area contributed by atoms with E-state index in [4.69, 9.17) is 11.6 Å². The predicted molar refractivity (Wildman–Crippen MR) is 84.9 cm³/mol. The van der Waals surface area contributed by atoms with E-state index in [2.05, 4.69) is 17.0 Å².